The van der Waals surface area contributed by atoms with Gasteiger partial charge in [0.2, 0.25) is 0 Å². The molecule has 0 amide bonds. The third kappa shape index (κ3) is 13.6. The van der Waals surface area contributed by atoms with Gasteiger partial charge in [0.05, 0.1) is 6.61 Å². The normalized spacial score (nSPS) is 9.20. The molecule has 0 aromatic rings. The minimum Gasteiger partial charge on any atom is -0.463 e. The molecule has 88 valence electrons. The maximum Gasteiger partial charge on any atom is 0.313 e. The van der Waals surface area contributed by atoms with E-state index in [4.69, 9.17) is 9.47 Å². The molecule has 0 aliphatic rings. The first-order chi connectivity index (χ1) is 6.66. The van der Waals surface area contributed by atoms with E-state index in [1.807, 2.05) is 0 Å². The second kappa shape index (κ2) is 11.7. The van der Waals surface area contributed by atoms with Gasteiger partial charge in [-0.25, -0.2) is 0 Å². The maximum absolute atomic E-state index is 10.8. The zero-order chi connectivity index (χ0) is 10.8. The third-order valence-electron chi connectivity index (χ3n) is 1.53. The summed E-state index contributed by atoms with van der Waals surface area (Å²) in [5.74, 6) is -0.654. The first-order valence-corrected chi connectivity index (χ1v) is 4.89. The number of ether oxygens (including phenoxy) is 2. The summed E-state index contributed by atoms with van der Waals surface area (Å²) in [6.07, 6.45) is 1.96. The van der Waals surface area contributed by atoms with Crippen molar-refractivity contribution in [2.75, 3.05) is 19.8 Å². The van der Waals surface area contributed by atoms with E-state index in [0.717, 1.165) is 12.8 Å². The lowest BCUT2D eigenvalue weighted by molar-refractivity contribution is -0.147. The van der Waals surface area contributed by atoms with Gasteiger partial charge >= 0.3 is 5.97 Å². The molecule has 4 nitrogen and oxygen atoms in total. The highest BCUT2D eigenvalue weighted by molar-refractivity contribution is 5.94. The summed E-state index contributed by atoms with van der Waals surface area (Å²) in [7, 11) is 0. The molecule has 0 N–H and O–H groups in total. The van der Waals surface area contributed by atoms with Gasteiger partial charge in [-0.3, -0.25) is 9.59 Å². The summed E-state index contributed by atoms with van der Waals surface area (Å²) >= 11 is 0. The van der Waals surface area contributed by atoms with Gasteiger partial charge in [-0.15, -0.1) is 0 Å². The van der Waals surface area contributed by atoms with Gasteiger partial charge in [0.15, 0.2) is 17.4 Å². The number of esters is 1. The molecule has 0 saturated carbocycles. The highest BCUT2D eigenvalue weighted by Gasteiger charge is 2.05. The molecule has 0 unspecified atom stereocenters. The van der Waals surface area contributed by atoms with E-state index < -0.39 is 5.97 Å². The molecule has 0 radical (unpaired) electrons. The molecule has 0 saturated heterocycles. The molecule has 0 aromatic heterocycles. The van der Waals surface area contributed by atoms with E-state index in [2.05, 4.69) is 6.92 Å². The monoisotopic (exact) mass is 232 g/mol. The minimum absolute atomic E-state index is 0. The number of rotatable bonds is 8. The van der Waals surface area contributed by atoms with Crippen molar-refractivity contribution in [3.63, 3.8) is 0 Å². The molecule has 0 bridgehead atoms. The van der Waals surface area contributed by atoms with Crippen LogP contribution in [0.1, 0.15) is 33.1 Å². The molecular weight excluding hydrogens is 211 g/mol. The zero-order valence-corrected chi connectivity index (χ0v) is 8.88. The smallest absolute Gasteiger partial charge is 0.313 e. The van der Waals surface area contributed by atoms with E-state index in [9.17, 15) is 9.59 Å². The lowest BCUT2D eigenvalue weighted by Crippen LogP contribution is -2.13. The van der Waals surface area contributed by atoms with Crippen LogP contribution in [0.15, 0.2) is 0 Å². The van der Waals surface area contributed by atoms with Crippen molar-refractivity contribution in [2.45, 2.75) is 33.1 Å². The van der Waals surface area contributed by atoms with Crippen molar-refractivity contribution in [2.24, 2.45) is 0 Å². The van der Waals surface area contributed by atoms with Crippen molar-refractivity contribution in [1.82, 2.24) is 0 Å². The second-order valence-corrected chi connectivity index (χ2v) is 3.07. The SMILES string of the molecule is CCCCOCCOC(=O)CC(C)=O.[AlH3]. The zero-order valence-electron chi connectivity index (χ0n) is 8.88. The standard InChI is InChI=1S/C10H18O4.Al.3H/c1-3-4-5-13-6-7-14-10(12)8-9(2)11;;;;/h3-8H2,1-2H3;;;;. The van der Waals surface area contributed by atoms with Crippen LogP contribution >= 0.6 is 0 Å². The number of hydrogen-bond acceptors (Lipinski definition) is 4. The predicted octanol–water partition coefficient (Wildman–Crippen LogP) is 0.141. The molecule has 0 fully saturated rings. The molecule has 5 heteroatoms. The Morgan fingerprint density at radius 1 is 1.13 bits per heavy atom. The van der Waals surface area contributed by atoms with Crippen LogP contribution in [0, 0.1) is 0 Å². The summed E-state index contributed by atoms with van der Waals surface area (Å²) in [6, 6.07) is 0. The van der Waals surface area contributed by atoms with Gasteiger partial charge in [-0.2, -0.15) is 0 Å². The fourth-order valence-electron chi connectivity index (χ4n) is 0.817. The molecule has 0 rings (SSSR count). The highest BCUT2D eigenvalue weighted by atomic mass is 27.0. The Balaban J connectivity index is 0. The summed E-state index contributed by atoms with van der Waals surface area (Å²) in [6.45, 7) is 4.77. The average Bonchev–Trinajstić information content (AvgIpc) is 2.10. The fraction of sp³-hybridized carbons (Fsp3) is 0.800. The second-order valence-electron chi connectivity index (χ2n) is 3.07. The van der Waals surface area contributed by atoms with Gasteiger partial charge < -0.3 is 9.47 Å². The Morgan fingerprint density at radius 3 is 2.33 bits per heavy atom. The van der Waals surface area contributed by atoms with Crippen molar-refractivity contribution >= 4 is 29.1 Å². The lowest BCUT2D eigenvalue weighted by Gasteiger charge is -2.04. The minimum atomic E-state index is -0.475. The van der Waals surface area contributed by atoms with E-state index in [1.54, 1.807) is 0 Å². The Morgan fingerprint density at radius 2 is 1.80 bits per heavy atom. The van der Waals surface area contributed by atoms with E-state index in [0.29, 0.717) is 13.2 Å². The van der Waals surface area contributed by atoms with Crippen LogP contribution in [-0.4, -0.2) is 48.9 Å². The van der Waals surface area contributed by atoms with E-state index in [1.165, 1.54) is 6.92 Å². The van der Waals surface area contributed by atoms with Gasteiger partial charge in [-0.1, -0.05) is 13.3 Å². The molecule has 0 aliphatic heterocycles. The number of hydrogen-bond donors (Lipinski definition) is 0. The van der Waals surface area contributed by atoms with Crippen LogP contribution in [-0.2, 0) is 19.1 Å². The first kappa shape index (κ1) is 17.0. The Hall–Kier alpha value is -0.368. The van der Waals surface area contributed by atoms with Crippen molar-refractivity contribution in [1.29, 1.82) is 0 Å². The molecular formula is C10H21AlO4. The predicted molar refractivity (Wildman–Crippen MR) is 61.9 cm³/mol. The summed E-state index contributed by atoms with van der Waals surface area (Å²) in [5.41, 5.74) is 0. The number of Topliss-reactive ketones (excluding diaryl/α,β-unsaturated/α-hetero) is 1. The first-order valence-electron chi connectivity index (χ1n) is 4.89. The fourth-order valence-corrected chi connectivity index (χ4v) is 0.817. The van der Waals surface area contributed by atoms with Crippen LogP contribution in [0.5, 0.6) is 0 Å². The van der Waals surface area contributed by atoms with E-state index >= 15 is 0 Å². The van der Waals surface area contributed by atoms with Crippen molar-refractivity contribution in [3.8, 4) is 0 Å². The maximum atomic E-state index is 10.8. The summed E-state index contributed by atoms with van der Waals surface area (Å²) < 4.78 is 9.92. The van der Waals surface area contributed by atoms with Crippen molar-refractivity contribution < 1.29 is 19.1 Å². The molecule has 0 atom stereocenters. The molecule has 0 aromatic carbocycles. The largest absolute Gasteiger partial charge is 0.463 e. The van der Waals surface area contributed by atoms with Crippen LogP contribution in [0.2, 0.25) is 0 Å². The van der Waals surface area contributed by atoms with Gasteiger partial charge in [0.1, 0.15) is 18.8 Å². The third-order valence-corrected chi connectivity index (χ3v) is 1.53. The lowest BCUT2D eigenvalue weighted by atomic mass is 10.3. The number of carbonyl (C=O) groups is 2. The number of carbonyl (C=O) groups excluding carboxylic acids is 2. The Bertz CT molecular complexity index is 182. The molecule has 15 heavy (non-hydrogen) atoms. The van der Waals surface area contributed by atoms with Crippen LogP contribution in [0.25, 0.3) is 0 Å². The average molecular weight is 232 g/mol. The molecule has 0 heterocycles. The van der Waals surface area contributed by atoms with Crippen LogP contribution < -0.4 is 0 Å². The Kier molecular flexibility index (Phi) is 13.3. The Labute approximate surface area is 101 Å². The van der Waals surface area contributed by atoms with E-state index in [-0.39, 0.29) is 36.2 Å². The topological polar surface area (TPSA) is 52.6 Å². The number of unbranched alkanes of at least 4 members (excludes halogenated alkanes) is 1. The summed E-state index contributed by atoms with van der Waals surface area (Å²) in [4.78, 5) is 21.3. The van der Waals surface area contributed by atoms with Crippen LogP contribution in [0.3, 0.4) is 0 Å². The quantitative estimate of drug-likeness (QED) is 0.258. The molecule has 0 spiro atoms. The van der Waals surface area contributed by atoms with Gasteiger partial charge in [0.25, 0.3) is 0 Å². The molecule has 0 aliphatic carbocycles. The van der Waals surface area contributed by atoms with Gasteiger partial charge in [-0.05, 0) is 13.3 Å². The van der Waals surface area contributed by atoms with Crippen molar-refractivity contribution in [3.05, 3.63) is 0 Å². The number of ketones is 1. The highest BCUT2D eigenvalue weighted by Crippen LogP contribution is 1.90. The van der Waals surface area contributed by atoms with Crippen LogP contribution in [0.4, 0.5) is 0 Å². The summed E-state index contributed by atoms with van der Waals surface area (Å²) in [5, 5.41) is 0. The van der Waals surface area contributed by atoms with Gasteiger partial charge in [0, 0.05) is 6.61 Å².